The summed E-state index contributed by atoms with van der Waals surface area (Å²) in [7, 11) is 0. The van der Waals surface area contributed by atoms with Crippen molar-refractivity contribution < 1.29 is 9.18 Å². The Balaban J connectivity index is 1.70. The van der Waals surface area contributed by atoms with Gasteiger partial charge in [0.15, 0.2) is 0 Å². The third kappa shape index (κ3) is 3.24. The lowest BCUT2D eigenvalue weighted by molar-refractivity contribution is 0.103. The second-order valence-corrected chi connectivity index (χ2v) is 7.09. The van der Waals surface area contributed by atoms with Crippen LogP contribution in [-0.4, -0.2) is 16.1 Å². The van der Waals surface area contributed by atoms with E-state index in [2.05, 4.69) is 15.5 Å². The van der Waals surface area contributed by atoms with Crippen molar-refractivity contribution >= 4 is 33.0 Å². The molecule has 0 fully saturated rings. The summed E-state index contributed by atoms with van der Waals surface area (Å²) in [5.41, 5.74) is 1.42. The van der Waals surface area contributed by atoms with Crippen molar-refractivity contribution in [2.45, 2.75) is 6.92 Å². The topological polar surface area (TPSA) is 74.8 Å². The number of hydrogen-bond acceptors (Lipinski definition) is 4. The number of carbonyl (C=O) groups is 1. The molecule has 134 valence electrons. The fraction of sp³-hybridized carbons (Fsp3) is 0.0500. The van der Waals surface area contributed by atoms with E-state index in [0.29, 0.717) is 21.7 Å². The molecular formula is C20H14FN3O2S. The van der Waals surface area contributed by atoms with Gasteiger partial charge in [-0.3, -0.25) is 9.59 Å². The SMILES string of the molecule is Cc1c(-c2ccc(=O)[nH]n2)ccc(F)c1NC(=O)c1cc2ccccc2s1. The van der Waals surface area contributed by atoms with E-state index >= 15 is 0 Å². The number of aromatic amines is 1. The zero-order chi connectivity index (χ0) is 19.0. The van der Waals surface area contributed by atoms with Gasteiger partial charge in [-0.2, -0.15) is 5.10 Å². The molecule has 27 heavy (non-hydrogen) atoms. The van der Waals surface area contributed by atoms with Crippen LogP contribution >= 0.6 is 11.3 Å². The molecule has 4 aromatic rings. The summed E-state index contributed by atoms with van der Waals surface area (Å²) < 4.78 is 15.4. The van der Waals surface area contributed by atoms with E-state index < -0.39 is 5.82 Å². The first-order chi connectivity index (χ1) is 13.0. The van der Waals surface area contributed by atoms with Crippen molar-refractivity contribution in [1.82, 2.24) is 10.2 Å². The van der Waals surface area contributed by atoms with E-state index in [1.165, 1.54) is 23.5 Å². The normalized spacial score (nSPS) is 10.9. The number of fused-ring (bicyclic) bond motifs is 1. The maximum atomic E-state index is 14.4. The number of halogens is 1. The van der Waals surface area contributed by atoms with E-state index in [-0.39, 0.29) is 17.2 Å². The first-order valence-corrected chi connectivity index (χ1v) is 9.00. The van der Waals surface area contributed by atoms with E-state index in [1.807, 2.05) is 24.3 Å². The summed E-state index contributed by atoms with van der Waals surface area (Å²) in [5.74, 6) is -0.903. The van der Waals surface area contributed by atoms with Crippen molar-refractivity contribution in [2.75, 3.05) is 5.32 Å². The number of aromatic nitrogens is 2. The van der Waals surface area contributed by atoms with Crippen LogP contribution in [0.15, 0.2) is 59.4 Å². The number of thiophene rings is 1. The second-order valence-electron chi connectivity index (χ2n) is 6.00. The molecule has 2 aromatic heterocycles. The molecule has 0 aliphatic rings. The van der Waals surface area contributed by atoms with Crippen molar-refractivity contribution in [1.29, 1.82) is 0 Å². The van der Waals surface area contributed by atoms with Gasteiger partial charge in [0.1, 0.15) is 5.82 Å². The van der Waals surface area contributed by atoms with Crippen LogP contribution in [0.3, 0.4) is 0 Å². The molecule has 0 saturated heterocycles. The average Bonchev–Trinajstić information content (AvgIpc) is 3.10. The fourth-order valence-corrected chi connectivity index (χ4v) is 3.83. The Labute approximate surface area is 157 Å². The molecule has 0 spiro atoms. The number of amides is 1. The largest absolute Gasteiger partial charge is 0.319 e. The summed E-state index contributed by atoms with van der Waals surface area (Å²) in [6, 6.07) is 15.2. The van der Waals surface area contributed by atoms with Crippen molar-refractivity contribution in [3.05, 3.63) is 81.2 Å². The van der Waals surface area contributed by atoms with Crippen LogP contribution in [0.2, 0.25) is 0 Å². The summed E-state index contributed by atoms with van der Waals surface area (Å²) in [5, 5.41) is 9.97. The summed E-state index contributed by atoms with van der Waals surface area (Å²) in [6.07, 6.45) is 0. The lowest BCUT2D eigenvalue weighted by atomic mass is 10.0. The predicted octanol–water partition coefficient (Wildman–Crippen LogP) is 4.35. The minimum atomic E-state index is -0.532. The highest BCUT2D eigenvalue weighted by atomic mass is 32.1. The van der Waals surface area contributed by atoms with Gasteiger partial charge in [0, 0.05) is 16.3 Å². The molecule has 0 aliphatic heterocycles. The van der Waals surface area contributed by atoms with Crippen LogP contribution < -0.4 is 10.9 Å². The number of nitrogens with zero attached hydrogens (tertiary/aromatic N) is 1. The third-order valence-electron chi connectivity index (χ3n) is 4.26. The highest BCUT2D eigenvalue weighted by Crippen LogP contribution is 2.31. The highest BCUT2D eigenvalue weighted by Gasteiger charge is 2.17. The molecule has 2 heterocycles. The van der Waals surface area contributed by atoms with Gasteiger partial charge in [0.05, 0.1) is 16.3 Å². The molecule has 0 unspecified atom stereocenters. The number of anilines is 1. The van der Waals surface area contributed by atoms with Gasteiger partial charge in [0.2, 0.25) is 0 Å². The summed E-state index contributed by atoms with van der Waals surface area (Å²) >= 11 is 1.35. The Morgan fingerprint density at radius 2 is 1.96 bits per heavy atom. The molecule has 0 atom stereocenters. The van der Waals surface area contributed by atoms with Gasteiger partial charge in [-0.15, -0.1) is 11.3 Å². The Kier molecular flexibility index (Phi) is 4.29. The second kappa shape index (κ2) is 6.77. The standard InChI is InChI=1S/C20H14FN3O2S/c1-11-13(15-8-9-18(25)24-23-15)6-7-14(21)19(11)22-20(26)17-10-12-4-2-3-5-16(12)27-17/h2-10H,1H3,(H,22,26)(H,24,25). The van der Waals surface area contributed by atoms with Gasteiger partial charge < -0.3 is 5.32 Å². The van der Waals surface area contributed by atoms with Crippen molar-refractivity contribution in [3.8, 4) is 11.3 Å². The molecule has 0 bridgehead atoms. The van der Waals surface area contributed by atoms with Gasteiger partial charge in [0.25, 0.3) is 11.5 Å². The van der Waals surface area contributed by atoms with Crippen LogP contribution in [-0.2, 0) is 0 Å². The molecule has 1 amide bonds. The minimum absolute atomic E-state index is 0.1000. The molecular weight excluding hydrogens is 365 g/mol. The summed E-state index contributed by atoms with van der Waals surface area (Å²) in [6.45, 7) is 1.70. The molecule has 2 aromatic carbocycles. The quantitative estimate of drug-likeness (QED) is 0.556. The first kappa shape index (κ1) is 17.1. The monoisotopic (exact) mass is 379 g/mol. The van der Waals surface area contributed by atoms with Crippen LogP contribution in [0.5, 0.6) is 0 Å². The van der Waals surface area contributed by atoms with Crippen molar-refractivity contribution in [3.63, 3.8) is 0 Å². The molecule has 4 rings (SSSR count). The van der Waals surface area contributed by atoms with Crippen LogP contribution in [0, 0.1) is 12.7 Å². The number of carbonyl (C=O) groups excluding carboxylic acids is 1. The lowest BCUT2D eigenvalue weighted by Crippen LogP contribution is -2.13. The number of hydrogen-bond donors (Lipinski definition) is 2. The zero-order valence-corrected chi connectivity index (χ0v) is 15.1. The smallest absolute Gasteiger partial charge is 0.265 e. The van der Waals surface area contributed by atoms with Gasteiger partial charge in [-0.1, -0.05) is 18.2 Å². The number of H-pyrrole nitrogens is 1. The van der Waals surface area contributed by atoms with Gasteiger partial charge in [-0.05, 0) is 48.2 Å². The van der Waals surface area contributed by atoms with Crippen LogP contribution in [0.1, 0.15) is 15.2 Å². The molecule has 2 N–H and O–H groups in total. The average molecular weight is 379 g/mol. The fourth-order valence-electron chi connectivity index (χ4n) is 2.87. The molecule has 5 nitrogen and oxygen atoms in total. The van der Waals surface area contributed by atoms with E-state index in [1.54, 1.807) is 25.1 Å². The van der Waals surface area contributed by atoms with Crippen LogP contribution in [0.4, 0.5) is 10.1 Å². The third-order valence-corrected chi connectivity index (χ3v) is 5.37. The molecule has 0 aliphatic carbocycles. The molecule has 7 heteroatoms. The summed E-state index contributed by atoms with van der Waals surface area (Å²) in [4.78, 5) is 24.4. The Morgan fingerprint density at radius 1 is 1.15 bits per heavy atom. The number of benzene rings is 2. The first-order valence-electron chi connectivity index (χ1n) is 8.18. The Morgan fingerprint density at radius 3 is 2.70 bits per heavy atom. The molecule has 0 saturated carbocycles. The number of nitrogens with one attached hydrogen (secondary N) is 2. The zero-order valence-electron chi connectivity index (χ0n) is 14.2. The number of rotatable bonds is 3. The Bertz CT molecular complexity index is 1180. The Hall–Kier alpha value is -3.32. The molecule has 0 radical (unpaired) electrons. The van der Waals surface area contributed by atoms with E-state index in [0.717, 1.165) is 10.1 Å². The highest BCUT2D eigenvalue weighted by molar-refractivity contribution is 7.20. The maximum Gasteiger partial charge on any atom is 0.265 e. The van der Waals surface area contributed by atoms with E-state index in [9.17, 15) is 14.0 Å². The minimum Gasteiger partial charge on any atom is -0.319 e. The lowest BCUT2D eigenvalue weighted by Gasteiger charge is -2.12. The van der Waals surface area contributed by atoms with Gasteiger partial charge in [-0.25, -0.2) is 9.49 Å². The predicted molar refractivity (Wildman–Crippen MR) is 105 cm³/mol. The van der Waals surface area contributed by atoms with Gasteiger partial charge >= 0.3 is 0 Å². The van der Waals surface area contributed by atoms with Crippen LogP contribution in [0.25, 0.3) is 21.3 Å². The van der Waals surface area contributed by atoms with E-state index in [4.69, 9.17) is 0 Å². The maximum absolute atomic E-state index is 14.4. The van der Waals surface area contributed by atoms with Crippen molar-refractivity contribution in [2.24, 2.45) is 0 Å².